The molecule has 7 rings (SSSR count). The maximum Gasteiger partial charge on any atom is 0.320 e. The summed E-state index contributed by atoms with van der Waals surface area (Å²) in [7, 11) is 0. The van der Waals surface area contributed by atoms with E-state index in [0.717, 1.165) is 50.2 Å². The zero-order valence-electron chi connectivity index (χ0n) is 40.4. The van der Waals surface area contributed by atoms with Gasteiger partial charge in [0.2, 0.25) is 0 Å². The van der Waals surface area contributed by atoms with Crippen LogP contribution < -0.4 is 29.6 Å². The highest BCUT2D eigenvalue weighted by Gasteiger charge is 2.24. The Morgan fingerprint density at radius 3 is 1.52 bits per heavy atom. The molecule has 3 heterocycles. The second kappa shape index (κ2) is 23.7. The van der Waals surface area contributed by atoms with Gasteiger partial charge >= 0.3 is 11.9 Å². The van der Waals surface area contributed by atoms with Gasteiger partial charge in [0.15, 0.2) is 0 Å². The topological polar surface area (TPSA) is 198 Å². The molecule has 6 aromatic rings. The summed E-state index contributed by atoms with van der Waals surface area (Å²) >= 11 is 13.7. The molecule has 0 radical (unpaired) electrons. The first-order chi connectivity index (χ1) is 34.1. The van der Waals surface area contributed by atoms with Gasteiger partial charge in [0.05, 0.1) is 27.9 Å². The van der Waals surface area contributed by atoms with Crippen LogP contribution >= 0.6 is 23.2 Å². The highest BCUT2D eigenvalue weighted by molar-refractivity contribution is 6.32. The summed E-state index contributed by atoms with van der Waals surface area (Å²) < 4.78 is 25.5. The fourth-order valence-corrected chi connectivity index (χ4v) is 8.53. The molecule has 368 valence electrons. The zero-order valence-corrected chi connectivity index (χ0v) is 41.9. The van der Waals surface area contributed by atoms with E-state index < -0.39 is 24.0 Å². The van der Waals surface area contributed by atoms with Gasteiger partial charge in [-0.1, -0.05) is 87.3 Å². The number of hydrogen-bond donors (Lipinski definition) is 4. The van der Waals surface area contributed by atoms with E-state index in [0.29, 0.717) is 61.8 Å². The molecule has 2 atom stereocenters. The zero-order chi connectivity index (χ0) is 50.8. The van der Waals surface area contributed by atoms with Gasteiger partial charge in [-0.05, 0) is 83.3 Å². The highest BCUT2D eigenvalue weighted by atomic mass is 35.5. The van der Waals surface area contributed by atoms with Crippen molar-refractivity contribution in [1.82, 2.24) is 20.6 Å². The summed E-state index contributed by atoms with van der Waals surface area (Å²) in [5.74, 6) is -0.526. The van der Waals surface area contributed by atoms with Crippen LogP contribution in [-0.2, 0) is 49.1 Å². The van der Waals surface area contributed by atoms with E-state index in [1.165, 1.54) is 6.20 Å². The fraction of sp³-hybridized carbons (Fsp3) is 0.309. The number of aliphatic imine (C=N–C) groups is 1. The minimum absolute atomic E-state index is 0.0973. The van der Waals surface area contributed by atoms with Crippen molar-refractivity contribution in [2.45, 2.75) is 93.1 Å². The number of aliphatic carboxylic acids is 2. The van der Waals surface area contributed by atoms with Crippen LogP contribution in [0.15, 0.2) is 103 Å². The van der Waals surface area contributed by atoms with E-state index >= 15 is 0 Å². The molecule has 4 N–H and O–H groups in total. The van der Waals surface area contributed by atoms with Crippen molar-refractivity contribution in [3.05, 3.63) is 163 Å². The first kappa shape index (κ1) is 51.8. The molecule has 14 nitrogen and oxygen atoms in total. The van der Waals surface area contributed by atoms with Gasteiger partial charge in [-0.3, -0.25) is 35.2 Å². The molecule has 1 aliphatic rings. The molecule has 2 unspecified atom stereocenters. The number of rotatable bonds is 24. The number of nitrogens with zero attached hydrogens (tertiary/aromatic N) is 4. The van der Waals surface area contributed by atoms with Crippen molar-refractivity contribution in [2.24, 2.45) is 16.8 Å². The molecular formula is C55H56Cl2N6O8. The maximum absolute atomic E-state index is 12.0. The first-order valence-corrected chi connectivity index (χ1v) is 23.9. The van der Waals surface area contributed by atoms with Crippen LogP contribution in [-0.4, -0.2) is 56.5 Å². The average molecular weight is 1000 g/mol. The lowest BCUT2D eigenvalue weighted by Gasteiger charge is -2.21. The molecular weight excluding hydrogens is 944 g/mol. The minimum Gasteiger partial charge on any atom is -0.488 e. The number of carboxylic acids is 2. The van der Waals surface area contributed by atoms with Gasteiger partial charge in [-0.15, -0.1) is 0 Å². The number of benzene rings is 4. The maximum atomic E-state index is 12.0. The van der Waals surface area contributed by atoms with E-state index in [-0.39, 0.29) is 51.4 Å². The Kier molecular flexibility index (Phi) is 17.3. The molecule has 1 aliphatic heterocycles. The standard InChI is InChI=1S/C55H56Cl2N6O8/c1-31(2)52(54(64)65)62-24-41-15-45(56)50(17-48(41)68-27-36-13-35(19-58)20-59-21-36)70-29-38-9-7-11-43(33(38)5)44-12-8-10-39(34(44)6)30-71-51-18-49(69-28-37-14-40(23-60-22-37)47-26-61-47)42(16-46(51)57)25-63-53(32(3)4)55(66)67/h7-18,20-23,31-32,52-53,62-63H,24-30H2,1-6H3,(H,64,65)(H,66,67). The van der Waals surface area contributed by atoms with Crippen molar-refractivity contribution in [1.29, 1.82) is 5.26 Å². The van der Waals surface area contributed by atoms with Crippen LogP contribution in [0.1, 0.15) is 83.3 Å². The second-order valence-electron chi connectivity index (χ2n) is 18.0. The van der Waals surface area contributed by atoms with Crippen molar-refractivity contribution in [3.63, 3.8) is 0 Å². The van der Waals surface area contributed by atoms with E-state index in [2.05, 4.69) is 50.7 Å². The normalized spacial score (nSPS) is 12.8. The Bertz CT molecular complexity index is 2990. The first-order valence-electron chi connectivity index (χ1n) is 23.2. The van der Waals surface area contributed by atoms with Crippen molar-refractivity contribution in [2.75, 3.05) is 6.54 Å². The van der Waals surface area contributed by atoms with Crippen LogP contribution in [0.25, 0.3) is 11.1 Å². The Balaban J connectivity index is 1.09. The van der Waals surface area contributed by atoms with E-state index in [1.807, 2.05) is 65.0 Å². The Morgan fingerprint density at radius 2 is 1.08 bits per heavy atom. The lowest BCUT2D eigenvalue weighted by atomic mass is 9.92. The number of ether oxygens (including phenoxy) is 4. The number of hydrogen-bond acceptors (Lipinski definition) is 12. The lowest BCUT2D eigenvalue weighted by Crippen LogP contribution is -2.40. The van der Waals surface area contributed by atoms with Crippen molar-refractivity contribution in [3.8, 4) is 40.2 Å². The molecule has 0 saturated heterocycles. The van der Waals surface area contributed by atoms with E-state index in [1.54, 1.807) is 48.9 Å². The third-order valence-corrected chi connectivity index (χ3v) is 12.8. The summed E-state index contributed by atoms with van der Waals surface area (Å²) in [6.45, 7) is 13.2. The predicted molar refractivity (Wildman–Crippen MR) is 272 cm³/mol. The van der Waals surface area contributed by atoms with Gasteiger partial charge in [-0.2, -0.15) is 5.26 Å². The summed E-state index contributed by atoms with van der Waals surface area (Å²) in [5, 5.41) is 36.0. The van der Waals surface area contributed by atoms with Crippen molar-refractivity contribution < 1.29 is 38.7 Å². The lowest BCUT2D eigenvalue weighted by molar-refractivity contribution is -0.141. The smallest absolute Gasteiger partial charge is 0.320 e. The highest BCUT2D eigenvalue weighted by Crippen LogP contribution is 2.38. The van der Waals surface area contributed by atoms with E-state index in [9.17, 15) is 25.1 Å². The van der Waals surface area contributed by atoms with E-state index in [4.69, 9.17) is 42.1 Å². The molecule has 0 spiro atoms. The van der Waals surface area contributed by atoms with Gasteiger partial charge < -0.3 is 29.2 Å². The van der Waals surface area contributed by atoms with Gasteiger partial charge in [-0.25, -0.2) is 0 Å². The second-order valence-corrected chi connectivity index (χ2v) is 18.8. The number of nitrogens with one attached hydrogen (secondary N) is 2. The SMILES string of the molecule is Cc1c(COc2cc(OCc3cncc(C#N)c3)c(CNC(C(=O)O)C(C)C)cc2Cl)cccc1-c1cccc(COc2cc(OCc3cncc(C4=NC4)c3)c(CNC(C(=O)O)C(C)C)cc2Cl)c1C. The molecule has 0 bridgehead atoms. The number of halogens is 2. The van der Waals surface area contributed by atoms with Crippen LogP contribution in [0.2, 0.25) is 10.0 Å². The largest absolute Gasteiger partial charge is 0.488 e. The summed E-state index contributed by atoms with van der Waals surface area (Å²) in [6, 6.07) is 23.2. The summed E-state index contributed by atoms with van der Waals surface area (Å²) in [4.78, 5) is 36.8. The quantitative estimate of drug-likeness (QED) is 0.0447. The molecule has 16 heteroatoms. The number of carboxylic acid groups (broad SMARTS) is 2. The third kappa shape index (κ3) is 13.4. The molecule has 4 aromatic carbocycles. The van der Waals surface area contributed by atoms with Crippen LogP contribution in [0, 0.1) is 37.0 Å². The van der Waals surface area contributed by atoms with Gasteiger partial charge in [0.1, 0.15) is 67.6 Å². The van der Waals surface area contributed by atoms with Crippen molar-refractivity contribution >= 4 is 40.9 Å². The molecule has 0 aliphatic carbocycles. The van der Waals surface area contributed by atoms with Gasteiger partial charge in [0.25, 0.3) is 0 Å². The average Bonchev–Trinajstić information content (AvgIpc) is 4.20. The monoisotopic (exact) mass is 998 g/mol. The fourth-order valence-electron chi connectivity index (χ4n) is 8.04. The number of pyridine rings is 2. The Labute approximate surface area is 423 Å². The summed E-state index contributed by atoms with van der Waals surface area (Å²) in [5.41, 5.74) is 11.1. The van der Waals surface area contributed by atoms with Crippen LogP contribution in [0.3, 0.4) is 0 Å². The Morgan fingerprint density at radius 1 is 0.634 bits per heavy atom. The third-order valence-electron chi connectivity index (χ3n) is 12.2. The number of nitriles is 1. The van der Waals surface area contributed by atoms with Crippen LogP contribution in [0.5, 0.6) is 23.0 Å². The molecule has 0 fully saturated rings. The minimum atomic E-state index is -0.963. The molecule has 2 aromatic heterocycles. The van der Waals surface area contributed by atoms with Gasteiger partial charge in [0, 0.05) is 77.8 Å². The molecule has 0 amide bonds. The molecule has 71 heavy (non-hydrogen) atoms. The van der Waals surface area contributed by atoms with Crippen LogP contribution in [0.4, 0.5) is 0 Å². The number of aromatic nitrogens is 2. The summed E-state index contributed by atoms with van der Waals surface area (Å²) in [6.07, 6.45) is 6.61. The number of carbonyl (C=O) groups is 2. The Hall–Kier alpha value is -7.02. The molecule has 0 saturated carbocycles. The predicted octanol–water partition coefficient (Wildman–Crippen LogP) is 10.5.